The third kappa shape index (κ3) is 3.61. The molecule has 3 aromatic rings. The van der Waals surface area contributed by atoms with Gasteiger partial charge in [-0.15, -0.1) is 0 Å². The third-order valence-electron chi connectivity index (χ3n) is 3.32. The Labute approximate surface area is 146 Å². The van der Waals surface area contributed by atoms with Crippen LogP contribution in [0.2, 0.25) is 0 Å². The van der Waals surface area contributed by atoms with Crippen LogP contribution < -0.4 is 21.7 Å². The number of fused-ring (bicyclic) bond motifs is 1. The molecule has 4 N–H and O–H groups in total. The van der Waals surface area contributed by atoms with Gasteiger partial charge in [0.15, 0.2) is 10.8 Å². The van der Waals surface area contributed by atoms with Crippen molar-refractivity contribution in [3.63, 3.8) is 0 Å². The van der Waals surface area contributed by atoms with Crippen molar-refractivity contribution in [2.24, 2.45) is 0 Å². The molecule has 0 bridgehead atoms. The lowest BCUT2D eigenvalue weighted by atomic mass is 10.1. The lowest BCUT2D eigenvalue weighted by Gasteiger charge is -2.12. The van der Waals surface area contributed by atoms with Crippen LogP contribution in [0.3, 0.4) is 0 Å². The number of hydrogen-bond donors (Lipinski definition) is 4. The molecule has 0 radical (unpaired) electrons. The van der Waals surface area contributed by atoms with Gasteiger partial charge in [0.25, 0.3) is 11.5 Å². The van der Waals surface area contributed by atoms with Crippen molar-refractivity contribution >= 4 is 39.7 Å². The summed E-state index contributed by atoms with van der Waals surface area (Å²) < 4.78 is 13.5. The van der Waals surface area contributed by atoms with Gasteiger partial charge in [-0.2, -0.15) is 5.10 Å². The van der Waals surface area contributed by atoms with Crippen LogP contribution in [0.1, 0.15) is 10.5 Å². The predicted octanol–water partition coefficient (Wildman–Crippen LogP) is 1.69. The van der Waals surface area contributed by atoms with Gasteiger partial charge in [-0.05, 0) is 30.4 Å². The molecular formula is C16H12FN5O2S. The first-order valence-electron chi connectivity index (χ1n) is 7.15. The number of H-pyrrole nitrogens is 1. The van der Waals surface area contributed by atoms with E-state index < -0.39 is 17.3 Å². The highest BCUT2D eigenvalue weighted by Gasteiger charge is 2.14. The zero-order valence-electron chi connectivity index (χ0n) is 12.7. The number of carbonyl (C=O) groups is 1. The fourth-order valence-corrected chi connectivity index (χ4v) is 2.34. The number of thiocarbonyl (C=S) groups is 1. The van der Waals surface area contributed by atoms with Crippen LogP contribution in [-0.2, 0) is 0 Å². The summed E-state index contributed by atoms with van der Waals surface area (Å²) in [6.45, 7) is 0. The quantitative estimate of drug-likeness (QED) is 0.412. The first kappa shape index (κ1) is 16.5. The van der Waals surface area contributed by atoms with Crippen LogP contribution >= 0.6 is 12.2 Å². The Hall–Kier alpha value is -3.33. The van der Waals surface area contributed by atoms with E-state index in [0.29, 0.717) is 10.8 Å². The molecule has 0 atom stereocenters. The summed E-state index contributed by atoms with van der Waals surface area (Å²) in [5, 5.41) is 9.39. The molecule has 0 saturated heterocycles. The van der Waals surface area contributed by atoms with Gasteiger partial charge in [0.2, 0.25) is 0 Å². The SMILES string of the molecule is O=C(NNC(=S)Nc1ccccc1F)c1n[nH]c(=O)c2ccccc12. The van der Waals surface area contributed by atoms with Gasteiger partial charge in [0, 0.05) is 5.39 Å². The van der Waals surface area contributed by atoms with Gasteiger partial charge in [0.05, 0.1) is 11.1 Å². The molecule has 1 amide bonds. The topological polar surface area (TPSA) is 98.9 Å². The van der Waals surface area contributed by atoms with Crippen LogP contribution in [0.15, 0.2) is 53.3 Å². The summed E-state index contributed by atoms with van der Waals surface area (Å²) in [5.41, 5.74) is 4.61. The average molecular weight is 357 g/mol. The number of para-hydroxylation sites is 1. The molecule has 1 aromatic heterocycles. The Morgan fingerprint density at radius 1 is 1.04 bits per heavy atom. The van der Waals surface area contributed by atoms with Crippen molar-refractivity contribution in [1.29, 1.82) is 0 Å². The van der Waals surface area contributed by atoms with E-state index in [1.807, 2.05) is 0 Å². The molecule has 126 valence electrons. The normalized spacial score (nSPS) is 10.3. The molecular weight excluding hydrogens is 345 g/mol. The summed E-state index contributed by atoms with van der Waals surface area (Å²) in [6, 6.07) is 12.5. The molecule has 25 heavy (non-hydrogen) atoms. The molecule has 1 heterocycles. The second-order valence-electron chi connectivity index (χ2n) is 4.96. The minimum Gasteiger partial charge on any atom is -0.329 e. The standard InChI is InChI=1S/C16H12FN5O2S/c17-11-7-3-4-8-12(11)18-16(25)22-21-15(24)13-9-5-1-2-6-10(9)14(23)20-19-13/h1-8H,(H,20,23)(H,21,24)(H2,18,22,25). The van der Waals surface area contributed by atoms with E-state index >= 15 is 0 Å². The fraction of sp³-hybridized carbons (Fsp3) is 0. The first-order valence-corrected chi connectivity index (χ1v) is 7.56. The summed E-state index contributed by atoms with van der Waals surface area (Å²) in [5.74, 6) is -1.09. The summed E-state index contributed by atoms with van der Waals surface area (Å²) in [6.07, 6.45) is 0. The predicted molar refractivity (Wildman–Crippen MR) is 95.6 cm³/mol. The van der Waals surface area contributed by atoms with Crippen LogP contribution in [-0.4, -0.2) is 21.2 Å². The Bertz CT molecular complexity index is 1020. The van der Waals surface area contributed by atoms with Crippen molar-refractivity contribution in [3.8, 4) is 0 Å². The number of nitrogens with zero attached hydrogens (tertiary/aromatic N) is 1. The van der Waals surface area contributed by atoms with E-state index in [1.54, 1.807) is 36.4 Å². The smallest absolute Gasteiger partial charge is 0.290 e. The second kappa shape index (κ2) is 7.05. The van der Waals surface area contributed by atoms with E-state index in [9.17, 15) is 14.0 Å². The van der Waals surface area contributed by atoms with E-state index in [4.69, 9.17) is 12.2 Å². The number of hydrazine groups is 1. The lowest BCUT2D eigenvalue weighted by Crippen LogP contribution is -2.44. The number of halogens is 1. The maximum absolute atomic E-state index is 13.5. The molecule has 9 heteroatoms. The number of benzene rings is 2. The number of aromatic nitrogens is 2. The van der Waals surface area contributed by atoms with Crippen molar-refractivity contribution in [2.75, 3.05) is 5.32 Å². The van der Waals surface area contributed by atoms with E-state index in [1.165, 1.54) is 12.1 Å². The highest BCUT2D eigenvalue weighted by molar-refractivity contribution is 7.80. The van der Waals surface area contributed by atoms with Gasteiger partial charge < -0.3 is 5.32 Å². The Balaban J connectivity index is 1.71. The molecule has 2 aromatic carbocycles. The van der Waals surface area contributed by atoms with Crippen LogP contribution in [0.25, 0.3) is 10.8 Å². The third-order valence-corrected chi connectivity index (χ3v) is 3.53. The monoisotopic (exact) mass is 357 g/mol. The number of hydrogen-bond acceptors (Lipinski definition) is 4. The molecule has 0 aliphatic rings. The number of aromatic amines is 1. The second-order valence-corrected chi connectivity index (χ2v) is 5.37. The zero-order chi connectivity index (χ0) is 17.8. The Morgan fingerprint density at radius 3 is 2.48 bits per heavy atom. The highest BCUT2D eigenvalue weighted by atomic mass is 32.1. The van der Waals surface area contributed by atoms with Crippen LogP contribution in [0.5, 0.6) is 0 Å². The highest BCUT2D eigenvalue weighted by Crippen LogP contribution is 2.13. The largest absolute Gasteiger partial charge is 0.329 e. The van der Waals surface area contributed by atoms with E-state index in [-0.39, 0.29) is 16.5 Å². The van der Waals surface area contributed by atoms with Gasteiger partial charge in [0.1, 0.15) is 5.82 Å². The van der Waals surface area contributed by atoms with Gasteiger partial charge in [-0.25, -0.2) is 9.49 Å². The number of rotatable bonds is 2. The van der Waals surface area contributed by atoms with Gasteiger partial charge in [-0.1, -0.05) is 30.3 Å². The molecule has 0 saturated carbocycles. The molecule has 0 fully saturated rings. The van der Waals surface area contributed by atoms with Crippen LogP contribution in [0, 0.1) is 5.82 Å². The molecule has 0 spiro atoms. The summed E-state index contributed by atoms with van der Waals surface area (Å²) in [4.78, 5) is 24.0. The minimum atomic E-state index is -0.606. The van der Waals surface area contributed by atoms with Crippen molar-refractivity contribution in [2.45, 2.75) is 0 Å². The molecule has 3 rings (SSSR count). The van der Waals surface area contributed by atoms with Gasteiger partial charge in [-0.3, -0.25) is 20.4 Å². The maximum Gasteiger partial charge on any atom is 0.290 e. The lowest BCUT2D eigenvalue weighted by molar-refractivity contribution is 0.0940. The first-order chi connectivity index (χ1) is 12.1. The number of nitrogens with one attached hydrogen (secondary N) is 4. The number of carbonyl (C=O) groups excluding carboxylic acids is 1. The van der Waals surface area contributed by atoms with Crippen LogP contribution in [0.4, 0.5) is 10.1 Å². The van der Waals surface area contributed by atoms with Gasteiger partial charge >= 0.3 is 0 Å². The summed E-state index contributed by atoms with van der Waals surface area (Å²) in [7, 11) is 0. The number of amides is 1. The molecule has 0 aliphatic carbocycles. The summed E-state index contributed by atoms with van der Waals surface area (Å²) >= 11 is 5.00. The Morgan fingerprint density at radius 2 is 1.72 bits per heavy atom. The van der Waals surface area contributed by atoms with E-state index in [0.717, 1.165) is 0 Å². The average Bonchev–Trinajstić information content (AvgIpc) is 2.62. The molecule has 0 aliphatic heterocycles. The maximum atomic E-state index is 13.5. The minimum absolute atomic E-state index is 0.00724. The van der Waals surface area contributed by atoms with Crippen molar-refractivity contribution in [1.82, 2.24) is 21.0 Å². The molecule has 7 nitrogen and oxygen atoms in total. The fourth-order valence-electron chi connectivity index (χ4n) is 2.18. The number of anilines is 1. The zero-order valence-corrected chi connectivity index (χ0v) is 13.5. The van der Waals surface area contributed by atoms with E-state index in [2.05, 4.69) is 26.4 Å². The van der Waals surface area contributed by atoms with Crippen molar-refractivity contribution in [3.05, 3.63) is 70.4 Å². The Kier molecular flexibility index (Phi) is 4.66. The van der Waals surface area contributed by atoms with Crippen molar-refractivity contribution < 1.29 is 9.18 Å². The molecule has 0 unspecified atom stereocenters.